The van der Waals surface area contributed by atoms with Gasteiger partial charge in [0.25, 0.3) is 17.7 Å². The summed E-state index contributed by atoms with van der Waals surface area (Å²) in [6, 6.07) is 17.7. The molecule has 4 rings (SSSR count). The maximum Gasteiger partial charge on any atom is 0.335 e. The number of ether oxygens (including phenoxy) is 2. The van der Waals surface area contributed by atoms with Crippen LogP contribution in [-0.2, 0) is 14.4 Å². The highest BCUT2D eigenvalue weighted by Crippen LogP contribution is 2.36. The molecular formula is C26H19Br2N3O6. The zero-order valence-corrected chi connectivity index (χ0v) is 22.5. The van der Waals surface area contributed by atoms with E-state index in [0.717, 1.165) is 4.90 Å². The molecule has 0 saturated carbocycles. The van der Waals surface area contributed by atoms with Crippen LogP contribution in [0.2, 0.25) is 0 Å². The minimum absolute atomic E-state index is 0.231. The van der Waals surface area contributed by atoms with Crippen molar-refractivity contribution in [2.75, 3.05) is 23.9 Å². The number of barbiturate groups is 1. The molecule has 3 aromatic carbocycles. The number of amides is 5. The number of anilines is 2. The molecule has 9 nitrogen and oxygen atoms in total. The maximum absolute atomic E-state index is 13.1. The predicted octanol–water partition coefficient (Wildman–Crippen LogP) is 4.90. The number of nitrogens with one attached hydrogen (secondary N) is 2. The van der Waals surface area contributed by atoms with Crippen LogP contribution in [0.25, 0.3) is 6.08 Å². The molecular weight excluding hydrogens is 610 g/mol. The lowest BCUT2D eigenvalue weighted by Crippen LogP contribution is -2.54. The third-order valence-electron chi connectivity index (χ3n) is 5.17. The Hall–Kier alpha value is -3.96. The van der Waals surface area contributed by atoms with Crippen LogP contribution in [0.4, 0.5) is 16.2 Å². The number of imide groups is 2. The van der Waals surface area contributed by atoms with Gasteiger partial charge in [-0.2, -0.15) is 0 Å². The highest BCUT2D eigenvalue weighted by Gasteiger charge is 2.36. The standard InChI is InChI=1S/C26H19Br2N3O6/c1-36-18-9-7-17(8-10-18)31-25(34)19(24(33)30-26(31)35)11-15-12-20(27)23(21(28)13-15)37-14-22(32)29-16-5-3-2-4-6-16/h2-13H,14H2,1H3,(H,29,32)(H,30,33,35)/b19-11+. The fourth-order valence-electron chi connectivity index (χ4n) is 3.45. The van der Waals surface area contributed by atoms with Gasteiger partial charge in [0, 0.05) is 5.69 Å². The van der Waals surface area contributed by atoms with Crippen molar-refractivity contribution in [1.29, 1.82) is 0 Å². The summed E-state index contributed by atoms with van der Waals surface area (Å²) in [5, 5.41) is 4.91. The molecule has 1 aliphatic heterocycles. The van der Waals surface area contributed by atoms with Crippen molar-refractivity contribution < 1.29 is 28.7 Å². The van der Waals surface area contributed by atoms with E-state index in [4.69, 9.17) is 9.47 Å². The monoisotopic (exact) mass is 627 g/mol. The number of carbonyl (C=O) groups is 4. The molecule has 1 heterocycles. The summed E-state index contributed by atoms with van der Waals surface area (Å²) in [6.45, 7) is -0.244. The minimum atomic E-state index is -0.850. The van der Waals surface area contributed by atoms with Gasteiger partial charge in [-0.15, -0.1) is 0 Å². The molecule has 0 bridgehead atoms. The zero-order chi connectivity index (χ0) is 26.5. The Morgan fingerprint density at radius 1 is 1.00 bits per heavy atom. The van der Waals surface area contributed by atoms with Gasteiger partial charge in [-0.1, -0.05) is 18.2 Å². The number of halogens is 2. The Labute approximate surface area is 228 Å². The van der Waals surface area contributed by atoms with Gasteiger partial charge in [0.1, 0.15) is 17.1 Å². The summed E-state index contributed by atoms with van der Waals surface area (Å²) in [5.74, 6) is -1.02. The number of benzene rings is 3. The molecule has 2 N–H and O–H groups in total. The van der Waals surface area contributed by atoms with Crippen molar-refractivity contribution in [3.05, 3.63) is 86.8 Å². The van der Waals surface area contributed by atoms with E-state index in [-0.39, 0.29) is 23.8 Å². The second-order valence-electron chi connectivity index (χ2n) is 7.67. The van der Waals surface area contributed by atoms with Crippen molar-refractivity contribution in [1.82, 2.24) is 5.32 Å². The van der Waals surface area contributed by atoms with E-state index in [2.05, 4.69) is 42.5 Å². The fraction of sp³-hybridized carbons (Fsp3) is 0.0769. The van der Waals surface area contributed by atoms with Crippen LogP contribution in [0, 0.1) is 0 Å². The first-order chi connectivity index (χ1) is 17.8. The molecule has 1 aliphatic rings. The van der Waals surface area contributed by atoms with E-state index >= 15 is 0 Å². The van der Waals surface area contributed by atoms with Crippen molar-refractivity contribution in [2.24, 2.45) is 0 Å². The molecule has 188 valence electrons. The molecule has 3 aromatic rings. The average molecular weight is 629 g/mol. The second-order valence-corrected chi connectivity index (χ2v) is 9.38. The van der Waals surface area contributed by atoms with E-state index in [0.29, 0.717) is 31.7 Å². The summed E-state index contributed by atoms with van der Waals surface area (Å²) in [5.41, 5.74) is 1.17. The summed E-state index contributed by atoms with van der Waals surface area (Å²) >= 11 is 6.81. The fourth-order valence-corrected chi connectivity index (χ4v) is 4.90. The number of rotatable bonds is 7. The highest BCUT2D eigenvalue weighted by atomic mass is 79.9. The molecule has 0 spiro atoms. The van der Waals surface area contributed by atoms with Crippen LogP contribution in [0.3, 0.4) is 0 Å². The Balaban J connectivity index is 1.53. The Bertz CT molecular complexity index is 1380. The summed E-state index contributed by atoms with van der Waals surface area (Å²) in [6.07, 6.45) is 1.36. The molecule has 11 heteroatoms. The van der Waals surface area contributed by atoms with Gasteiger partial charge in [-0.25, -0.2) is 9.69 Å². The van der Waals surface area contributed by atoms with E-state index in [1.165, 1.54) is 25.3 Å². The number of methoxy groups -OCH3 is 1. The minimum Gasteiger partial charge on any atom is -0.497 e. The van der Waals surface area contributed by atoms with Crippen LogP contribution < -0.4 is 25.0 Å². The molecule has 5 amide bonds. The van der Waals surface area contributed by atoms with Crippen molar-refractivity contribution in [3.8, 4) is 11.5 Å². The molecule has 0 unspecified atom stereocenters. The van der Waals surface area contributed by atoms with Crippen LogP contribution in [0.1, 0.15) is 5.56 Å². The number of urea groups is 1. The number of hydrogen-bond acceptors (Lipinski definition) is 6. The zero-order valence-electron chi connectivity index (χ0n) is 19.3. The van der Waals surface area contributed by atoms with Gasteiger partial charge in [0.2, 0.25) is 0 Å². The lowest BCUT2D eigenvalue weighted by molar-refractivity contribution is -0.122. The van der Waals surface area contributed by atoms with Crippen LogP contribution in [0.15, 0.2) is 81.2 Å². The van der Waals surface area contributed by atoms with Crippen LogP contribution >= 0.6 is 31.9 Å². The van der Waals surface area contributed by atoms with Gasteiger partial charge in [0.15, 0.2) is 6.61 Å². The Morgan fingerprint density at radius 2 is 1.65 bits per heavy atom. The van der Waals surface area contributed by atoms with Crippen LogP contribution in [-0.4, -0.2) is 37.5 Å². The highest BCUT2D eigenvalue weighted by molar-refractivity contribution is 9.11. The van der Waals surface area contributed by atoms with Crippen molar-refractivity contribution >= 4 is 73.1 Å². The van der Waals surface area contributed by atoms with E-state index < -0.39 is 17.8 Å². The second kappa shape index (κ2) is 11.4. The lowest BCUT2D eigenvalue weighted by atomic mass is 10.1. The molecule has 1 saturated heterocycles. The average Bonchev–Trinajstić information content (AvgIpc) is 2.87. The summed E-state index contributed by atoms with van der Waals surface area (Å²) < 4.78 is 11.7. The first-order valence-electron chi connectivity index (χ1n) is 10.8. The normalized spacial score (nSPS) is 14.4. The van der Waals surface area contributed by atoms with Crippen molar-refractivity contribution in [3.63, 3.8) is 0 Å². The first-order valence-corrected chi connectivity index (χ1v) is 12.4. The maximum atomic E-state index is 13.1. The van der Waals surface area contributed by atoms with E-state index in [9.17, 15) is 19.2 Å². The van der Waals surface area contributed by atoms with Crippen molar-refractivity contribution in [2.45, 2.75) is 0 Å². The topological polar surface area (TPSA) is 114 Å². The Morgan fingerprint density at radius 3 is 2.27 bits per heavy atom. The molecule has 0 aromatic heterocycles. The predicted molar refractivity (Wildman–Crippen MR) is 144 cm³/mol. The summed E-state index contributed by atoms with van der Waals surface area (Å²) in [7, 11) is 1.50. The molecule has 37 heavy (non-hydrogen) atoms. The first kappa shape index (κ1) is 26.1. The third-order valence-corrected chi connectivity index (χ3v) is 6.35. The number of para-hydroxylation sites is 1. The molecule has 1 fully saturated rings. The van der Waals surface area contributed by atoms with Gasteiger partial charge in [-0.05, 0) is 92.0 Å². The van der Waals surface area contributed by atoms with Crippen LogP contribution in [0.5, 0.6) is 11.5 Å². The molecule has 0 radical (unpaired) electrons. The number of carbonyl (C=O) groups excluding carboxylic acids is 4. The molecule has 0 aliphatic carbocycles. The number of hydrogen-bond donors (Lipinski definition) is 2. The van der Waals surface area contributed by atoms with Gasteiger partial charge in [0.05, 0.1) is 21.7 Å². The molecule has 0 atom stereocenters. The van der Waals surface area contributed by atoms with E-state index in [1.54, 1.807) is 48.5 Å². The number of nitrogens with zero attached hydrogens (tertiary/aromatic N) is 1. The largest absolute Gasteiger partial charge is 0.497 e. The van der Waals surface area contributed by atoms with E-state index in [1.807, 2.05) is 6.07 Å². The smallest absolute Gasteiger partial charge is 0.335 e. The van der Waals surface area contributed by atoms with Gasteiger partial charge in [-0.3, -0.25) is 19.7 Å². The lowest BCUT2D eigenvalue weighted by Gasteiger charge is -2.26. The Kier molecular flexibility index (Phi) is 8.04. The van der Waals surface area contributed by atoms with Gasteiger partial charge < -0.3 is 14.8 Å². The summed E-state index contributed by atoms with van der Waals surface area (Å²) in [4.78, 5) is 51.1. The third kappa shape index (κ3) is 6.07. The quantitative estimate of drug-likeness (QED) is 0.284. The van der Waals surface area contributed by atoms with Gasteiger partial charge >= 0.3 is 6.03 Å². The SMILES string of the molecule is COc1ccc(N2C(=O)NC(=O)/C(=C\c3cc(Br)c(OCC(=O)Nc4ccccc4)c(Br)c3)C2=O)cc1.